The second kappa shape index (κ2) is 9.22. The quantitative estimate of drug-likeness (QED) is 0.704. The molecule has 2 N–H and O–H groups in total. The molecule has 0 bridgehead atoms. The number of hydrogen-bond donors (Lipinski definition) is 2. The van der Waals surface area contributed by atoms with Crippen LogP contribution in [0, 0.1) is 11.6 Å². The van der Waals surface area contributed by atoms with Crippen LogP contribution in [0.15, 0.2) is 36.4 Å². The summed E-state index contributed by atoms with van der Waals surface area (Å²) in [5.74, 6) is -1.87. The van der Waals surface area contributed by atoms with Crippen molar-refractivity contribution in [3.8, 4) is 0 Å². The topological polar surface area (TPSA) is 67.4 Å². The van der Waals surface area contributed by atoms with Crippen molar-refractivity contribution in [3.63, 3.8) is 0 Å². The number of ether oxygens (including phenoxy) is 1. The van der Waals surface area contributed by atoms with Gasteiger partial charge in [0, 0.05) is 16.8 Å². The molecule has 0 saturated heterocycles. The van der Waals surface area contributed by atoms with E-state index in [9.17, 15) is 18.4 Å². The van der Waals surface area contributed by atoms with E-state index in [1.165, 1.54) is 19.1 Å². The molecule has 2 rings (SSSR count). The molecule has 29 heavy (non-hydrogen) atoms. The molecule has 0 unspecified atom stereocenters. The summed E-state index contributed by atoms with van der Waals surface area (Å²) >= 11 is 6.04. The Morgan fingerprint density at radius 3 is 2.31 bits per heavy atom. The maximum atomic E-state index is 13.5. The van der Waals surface area contributed by atoms with Crippen LogP contribution in [0.4, 0.5) is 19.3 Å². The Balaban J connectivity index is 2.14. The van der Waals surface area contributed by atoms with Crippen LogP contribution < -0.4 is 10.6 Å². The molecule has 2 aromatic rings. The monoisotopic (exact) mass is 424 g/mol. The summed E-state index contributed by atoms with van der Waals surface area (Å²) in [5.41, 5.74) is 0.687. The lowest BCUT2D eigenvalue weighted by atomic mass is 10.0. The number of amides is 2. The van der Waals surface area contributed by atoms with E-state index in [-0.39, 0.29) is 6.42 Å². The minimum absolute atomic E-state index is 0.152. The molecule has 8 heteroatoms. The van der Waals surface area contributed by atoms with Gasteiger partial charge in [-0.3, -0.25) is 4.79 Å². The van der Waals surface area contributed by atoms with Gasteiger partial charge in [-0.2, -0.15) is 0 Å². The third-order valence-corrected chi connectivity index (χ3v) is 4.00. The second-order valence-corrected chi connectivity index (χ2v) is 8.05. The van der Waals surface area contributed by atoms with Gasteiger partial charge in [-0.05, 0) is 75.6 Å². The normalized spacial score (nSPS) is 12.2. The Bertz CT molecular complexity index is 893. The fourth-order valence-electron chi connectivity index (χ4n) is 2.55. The predicted molar refractivity (Wildman–Crippen MR) is 108 cm³/mol. The predicted octanol–water partition coefficient (Wildman–Crippen LogP) is 5.06. The molecule has 0 aromatic heterocycles. The van der Waals surface area contributed by atoms with Gasteiger partial charge in [0.1, 0.15) is 23.3 Å². The zero-order valence-corrected chi connectivity index (χ0v) is 17.4. The molecule has 0 aliphatic rings. The highest BCUT2D eigenvalue weighted by molar-refractivity contribution is 6.30. The highest BCUT2D eigenvalue weighted by atomic mass is 35.5. The molecule has 0 spiro atoms. The highest BCUT2D eigenvalue weighted by Crippen LogP contribution is 2.24. The highest BCUT2D eigenvalue weighted by Gasteiger charge is 2.21. The first-order valence-corrected chi connectivity index (χ1v) is 9.34. The second-order valence-electron chi connectivity index (χ2n) is 7.61. The Labute approximate surface area is 173 Å². The van der Waals surface area contributed by atoms with Gasteiger partial charge in [0.2, 0.25) is 5.91 Å². The number of nitrogens with one attached hydrogen (secondary N) is 2. The van der Waals surface area contributed by atoms with Crippen molar-refractivity contribution in [1.82, 2.24) is 5.32 Å². The zero-order valence-electron chi connectivity index (χ0n) is 16.6. The van der Waals surface area contributed by atoms with E-state index in [1.807, 2.05) is 0 Å². The minimum Gasteiger partial charge on any atom is -0.444 e. The van der Waals surface area contributed by atoms with Crippen molar-refractivity contribution in [2.75, 3.05) is 5.32 Å². The molecule has 1 atom stereocenters. The SMILES string of the molecule is C[C@H](NC(=O)OC(C)(C)C)C(=O)Nc1ccc(Cl)cc1Cc1cc(F)cc(F)c1. The molecule has 2 amide bonds. The van der Waals surface area contributed by atoms with Crippen LogP contribution in [-0.2, 0) is 16.0 Å². The molecule has 156 valence electrons. The average Bonchev–Trinajstić information content (AvgIpc) is 2.54. The number of rotatable bonds is 5. The van der Waals surface area contributed by atoms with E-state index in [2.05, 4.69) is 10.6 Å². The van der Waals surface area contributed by atoms with E-state index < -0.39 is 35.3 Å². The lowest BCUT2D eigenvalue weighted by Crippen LogP contribution is -2.44. The van der Waals surface area contributed by atoms with Gasteiger partial charge in [0.15, 0.2) is 0 Å². The summed E-state index contributed by atoms with van der Waals surface area (Å²) in [5, 5.41) is 5.57. The summed E-state index contributed by atoms with van der Waals surface area (Å²) in [6, 6.07) is 7.11. The van der Waals surface area contributed by atoms with E-state index in [4.69, 9.17) is 16.3 Å². The fraction of sp³-hybridized carbons (Fsp3) is 0.333. The van der Waals surface area contributed by atoms with Gasteiger partial charge in [-0.15, -0.1) is 0 Å². The molecule has 5 nitrogen and oxygen atoms in total. The average molecular weight is 425 g/mol. The number of anilines is 1. The molecule has 0 radical (unpaired) electrons. The first kappa shape index (κ1) is 22.6. The molecule has 2 aromatic carbocycles. The van der Waals surface area contributed by atoms with E-state index in [0.717, 1.165) is 6.07 Å². The number of carbonyl (C=O) groups is 2. The smallest absolute Gasteiger partial charge is 0.408 e. The molecule has 0 aliphatic carbocycles. The number of benzene rings is 2. The van der Waals surface area contributed by atoms with E-state index in [1.54, 1.807) is 39.0 Å². The van der Waals surface area contributed by atoms with Crippen LogP contribution >= 0.6 is 11.6 Å². The number of carbonyl (C=O) groups excluding carboxylic acids is 2. The Hall–Kier alpha value is -2.67. The van der Waals surface area contributed by atoms with Crippen LogP contribution in [0.2, 0.25) is 5.02 Å². The molecule has 0 fully saturated rings. The lowest BCUT2D eigenvalue weighted by molar-refractivity contribution is -0.117. The van der Waals surface area contributed by atoms with Gasteiger partial charge in [0.05, 0.1) is 0 Å². The molecular weight excluding hydrogens is 402 g/mol. The molecule has 0 saturated carbocycles. The summed E-state index contributed by atoms with van der Waals surface area (Å²) < 4.78 is 32.1. The summed E-state index contributed by atoms with van der Waals surface area (Å²) in [6.07, 6.45) is -0.564. The maximum absolute atomic E-state index is 13.5. The first-order chi connectivity index (χ1) is 13.4. The zero-order chi connectivity index (χ0) is 21.8. The molecule has 0 aliphatic heterocycles. The molecular formula is C21H23ClF2N2O3. The van der Waals surface area contributed by atoms with Crippen molar-refractivity contribution >= 4 is 29.3 Å². The third kappa shape index (κ3) is 7.34. The standard InChI is InChI=1S/C21H23ClF2N2O3/c1-12(25-20(28)29-21(2,3)4)19(27)26-18-6-5-15(22)10-14(18)7-13-8-16(23)11-17(24)9-13/h5-6,8-12H,7H2,1-4H3,(H,25,28)(H,26,27)/t12-/m0/s1. The van der Waals surface area contributed by atoms with Crippen LogP contribution in [0.5, 0.6) is 0 Å². The van der Waals surface area contributed by atoms with Crippen molar-refractivity contribution in [2.24, 2.45) is 0 Å². The van der Waals surface area contributed by atoms with Crippen LogP contribution in [0.3, 0.4) is 0 Å². The first-order valence-electron chi connectivity index (χ1n) is 8.97. The van der Waals surface area contributed by atoms with Gasteiger partial charge in [-0.25, -0.2) is 13.6 Å². The number of alkyl carbamates (subject to hydrolysis) is 1. The fourth-order valence-corrected chi connectivity index (χ4v) is 2.75. The maximum Gasteiger partial charge on any atom is 0.408 e. The van der Waals surface area contributed by atoms with Crippen molar-refractivity contribution in [1.29, 1.82) is 0 Å². The summed E-state index contributed by atoms with van der Waals surface area (Å²) in [6.45, 7) is 6.66. The minimum atomic E-state index is -0.875. The van der Waals surface area contributed by atoms with Crippen molar-refractivity contribution in [3.05, 3.63) is 64.2 Å². The third-order valence-electron chi connectivity index (χ3n) is 3.77. The van der Waals surface area contributed by atoms with Gasteiger partial charge in [-0.1, -0.05) is 11.6 Å². The number of halogens is 3. The van der Waals surface area contributed by atoms with Crippen molar-refractivity contribution < 1.29 is 23.1 Å². The van der Waals surface area contributed by atoms with E-state index in [0.29, 0.717) is 21.8 Å². The van der Waals surface area contributed by atoms with Gasteiger partial charge >= 0.3 is 6.09 Å². The van der Waals surface area contributed by atoms with Gasteiger partial charge < -0.3 is 15.4 Å². The largest absolute Gasteiger partial charge is 0.444 e. The van der Waals surface area contributed by atoms with E-state index >= 15 is 0 Å². The van der Waals surface area contributed by atoms with Crippen LogP contribution in [0.25, 0.3) is 0 Å². The summed E-state index contributed by atoms with van der Waals surface area (Å²) in [4.78, 5) is 24.3. The lowest BCUT2D eigenvalue weighted by Gasteiger charge is -2.22. The molecule has 0 heterocycles. The van der Waals surface area contributed by atoms with Crippen molar-refractivity contribution in [2.45, 2.75) is 45.8 Å². The Morgan fingerprint density at radius 1 is 1.10 bits per heavy atom. The summed E-state index contributed by atoms with van der Waals surface area (Å²) in [7, 11) is 0. The Morgan fingerprint density at radius 2 is 1.72 bits per heavy atom. The van der Waals surface area contributed by atoms with Crippen LogP contribution in [0.1, 0.15) is 38.8 Å². The Kier molecular flexibility index (Phi) is 7.19. The van der Waals surface area contributed by atoms with Gasteiger partial charge in [0.25, 0.3) is 0 Å². The van der Waals surface area contributed by atoms with Crippen LogP contribution in [-0.4, -0.2) is 23.6 Å². The number of hydrogen-bond acceptors (Lipinski definition) is 3.